The summed E-state index contributed by atoms with van der Waals surface area (Å²) in [5.41, 5.74) is 2.08. The van der Waals surface area contributed by atoms with E-state index in [1.807, 2.05) is 25.1 Å². The summed E-state index contributed by atoms with van der Waals surface area (Å²) in [5.74, 6) is 1.47. The molecule has 1 atom stereocenters. The van der Waals surface area contributed by atoms with Crippen LogP contribution in [-0.2, 0) is 0 Å². The van der Waals surface area contributed by atoms with E-state index in [1.165, 1.54) is 5.57 Å². The molecule has 3 nitrogen and oxygen atoms in total. The third-order valence-electron chi connectivity index (χ3n) is 2.85. The van der Waals surface area contributed by atoms with E-state index in [0.717, 1.165) is 23.5 Å². The van der Waals surface area contributed by atoms with Gasteiger partial charge < -0.3 is 14.6 Å². The van der Waals surface area contributed by atoms with Crippen molar-refractivity contribution in [3.8, 4) is 11.5 Å². The van der Waals surface area contributed by atoms with Gasteiger partial charge in [-0.15, -0.1) is 0 Å². The Morgan fingerprint density at radius 3 is 2.94 bits per heavy atom. The molecule has 3 heteroatoms. The second kappa shape index (κ2) is 5.23. The topological polar surface area (TPSA) is 38.7 Å². The third kappa shape index (κ3) is 2.80. The Hall–Kier alpha value is -1.48. The number of rotatable bonds is 4. The fourth-order valence-corrected chi connectivity index (χ4v) is 1.98. The van der Waals surface area contributed by atoms with Crippen LogP contribution >= 0.6 is 0 Å². The van der Waals surface area contributed by atoms with Gasteiger partial charge >= 0.3 is 0 Å². The van der Waals surface area contributed by atoms with Crippen molar-refractivity contribution in [2.24, 2.45) is 0 Å². The van der Waals surface area contributed by atoms with E-state index >= 15 is 0 Å². The highest BCUT2D eigenvalue weighted by Crippen LogP contribution is 2.35. The third-order valence-corrected chi connectivity index (χ3v) is 2.85. The number of benzene rings is 1. The van der Waals surface area contributed by atoms with Crippen LogP contribution in [0.25, 0.3) is 0 Å². The Labute approximate surface area is 102 Å². The molecule has 0 aromatic heterocycles. The van der Waals surface area contributed by atoms with Gasteiger partial charge in [0, 0.05) is 0 Å². The summed E-state index contributed by atoms with van der Waals surface area (Å²) in [6.45, 7) is 4.40. The normalized spacial score (nSPS) is 16.1. The number of hydrogen-bond donors (Lipinski definition) is 1. The molecule has 2 rings (SSSR count). The quantitative estimate of drug-likeness (QED) is 0.813. The molecule has 0 bridgehead atoms. The molecular weight excluding hydrogens is 216 g/mol. The van der Waals surface area contributed by atoms with Crippen molar-refractivity contribution < 1.29 is 14.6 Å². The molecule has 1 aromatic carbocycles. The van der Waals surface area contributed by atoms with Crippen molar-refractivity contribution in [2.45, 2.75) is 32.8 Å². The lowest BCUT2D eigenvalue weighted by Gasteiger charge is -2.12. The zero-order chi connectivity index (χ0) is 12.3. The zero-order valence-electron chi connectivity index (χ0n) is 10.3. The predicted molar refractivity (Wildman–Crippen MR) is 66.2 cm³/mol. The van der Waals surface area contributed by atoms with E-state index in [4.69, 9.17) is 9.47 Å². The highest BCUT2D eigenvalue weighted by Gasteiger charge is 2.16. The van der Waals surface area contributed by atoms with Crippen molar-refractivity contribution in [2.75, 3.05) is 6.79 Å². The molecule has 0 saturated heterocycles. The Kier molecular flexibility index (Phi) is 3.69. The molecule has 1 heterocycles. The number of aliphatic hydroxyl groups is 1. The molecule has 0 spiro atoms. The lowest BCUT2D eigenvalue weighted by molar-refractivity contribution is 0.171. The number of allylic oxidation sites excluding steroid dienone is 1. The van der Waals surface area contributed by atoms with Gasteiger partial charge in [-0.25, -0.2) is 0 Å². The van der Waals surface area contributed by atoms with Gasteiger partial charge in [-0.2, -0.15) is 0 Å². The van der Waals surface area contributed by atoms with Gasteiger partial charge in [0.25, 0.3) is 0 Å². The van der Waals surface area contributed by atoms with Crippen LogP contribution in [0.3, 0.4) is 0 Å². The number of hydrogen-bond acceptors (Lipinski definition) is 3. The summed E-state index contributed by atoms with van der Waals surface area (Å²) in [6, 6.07) is 5.59. The first kappa shape index (κ1) is 12.0. The van der Waals surface area contributed by atoms with Crippen LogP contribution in [0, 0.1) is 0 Å². The number of fused-ring (bicyclic) bond motifs is 1. The fourth-order valence-electron chi connectivity index (χ4n) is 1.98. The fraction of sp³-hybridized carbons (Fsp3) is 0.429. The summed E-state index contributed by atoms with van der Waals surface area (Å²) in [4.78, 5) is 0. The van der Waals surface area contributed by atoms with E-state index < -0.39 is 6.10 Å². The van der Waals surface area contributed by atoms with Crippen molar-refractivity contribution in [3.05, 3.63) is 35.4 Å². The molecule has 0 aliphatic carbocycles. The lowest BCUT2D eigenvalue weighted by atomic mass is 10.0. The molecule has 0 radical (unpaired) electrons. The Morgan fingerprint density at radius 2 is 2.18 bits per heavy atom. The molecule has 17 heavy (non-hydrogen) atoms. The van der Waals surface area contributed by atoms with E-state index in [9.17, 15) is 5.11 Å². The molecule has 1 aliphatic rings. The molecule has 92 valence electrons. The minimum atomic E-state index is -0.479. The first-order chi connectivity index (χ1) is 8.20. The van der Waals surface area contributed by atoms with Crippen molar-refractivity contribution in [3.63, 3.8) is 0 Å². The maximum atomic E-state index is 10.1. The second-order valence-electron chi connectivity index (χ2n) is 4.29. The Balaban J connectivity index is 2.09. The predicted octanol–water partition coefficient (Wildman–Crippen LogP) is 3.20. The molecule has 1 N–H and O–H groups in total. The van der Waals surface area contributed by atoms with Gasteiger partial charge in [0.1, 0.15) is 0 Å². The highest BCUT2D eigenvalue weighted by molar-refractivity contribution is 5.45. The lowest BCUT2D eigenvalue weighted by Crippen LogP contribution is -1.98. The van der Waals surface area contributed by atoms with Crippen molar-refractivity contribution in [1.82, 2.24) is 0 Å². The molecule has 1 unspecified atom stereocenters. The van der Waals surface area contributed by atoms with Gasteiger partial charge in [-0.05, 0) is 37.5 Å². The number of ether oxygens (including phenoxy) is 2. The maximum absolute atomic E-state index is 10.1. The molecule has 0 fully saturated rings. The minimum Gasteiger partial charge on any atom is -0.454 e. The average Bonchev–Trinajstić information content (AvgIpc) is 2.75. The first-order valence-corrected chi connectivity index (χ1v) is 5.94. The van der Waals surface area contributed by atoms with E-state index in [1.54, 1.807) is 0 Å². The summed E-state index contributed by atoms with van der Waals surface area (Å²) in [6.07, 6.45) is 3.32. The van der Waals surface area contributed by atoms with Crippen LogP contribution in [0.5, 0.6) is 11.5 Å². The zero-order valence-corrected chi connectivity index (χ0v) is 10.3. The van der Waals surface area contributed by atoms with Crippen molar-refractivity contribution in [1.29, 1.82) is 0 Å². The molecular formula is C14H18O3. The number of aliphatic hydroxyl groups excluding tert-OH is 1. The van der Waals surface area contributed by atoms with Crippen LogP contribution in [0.2, 0.25) is 0 Å². The summed E-state index contributed by atoms with van der Waals surface area (Å²) >= 11 is 0. The summed E-state index contributed by atoms with van der Waals surface area (Å²) in [5, 5.41) is 10.1. The summed E-state index contributed by atoms with van der Waals surface area (Å²) < 4.78 is 10.5. The van der Waals surface area contributed by atoms with Crippen LogP contribution in [0.15, 0.2) is 29.8 Å². The molecule has 1 aromatic rings. The van der Waals surface area contributed by atoms with Crippen molar-refractivity contribution >= 4 is 0 Å². The molecule has 0 amide bonds. The summed E-state index contributed by atoms with van der Waals surface area (Å²) in [7, 11) is 0. The van der Waals surface area contributed by atoms with Crippen LogP contribution < -0.4 is 9.47 Å². The van der Waals surface area contributed by atoms with Crippen LogP contribution in [0.1, 0.15) is 38.4 Å². The second-order valence-corrected chi connectivity index (χ2v) is 4.29. The van der Waals surface area contributed by atoms with Gasteiger partial charge in [0.15, 0.2) is 11.5 Å². The average molecular weight is 234 g/mol. The minimum absolute atomic E-state index is 0.268. The Morgan fingerprint density at radius 1 is 1.41 bits per heavy atom. The Bertz CT molecular complexity index is 423. The smallest absolute Gasteiger partial charge is 0.231 e. The SMILES string of the molecule is CC/C=C(\C)CC(O)c1ccc2c(c1)OCO2. The maximum Gasteiger partial charge on any atom is 0.231 e. The highest BCUT2D eigenvalue weighted by atomic mass is 16.7. The van der Waals surface area contributed by atoms with Gasteiger partial charge in [-0.3, -0.25) is 0 Å². The first-order valence-electron chi connectivity index (χ1n) is 5.94. The van der Waals surface area contributed by atoms with Gasteiger partial charge in [-0.1, -0.05) is 24.6 Å². The van der Waals surface area contributed by atoms with E-state index in [2.05, 4.69) is 13.0 Å². The standard InChI is InChI=1S/C14H18O3/c1-3-4-10(2)7-12(15)11-5-6-13-14(8-11)17-9-16-13/h4-6,8,12,15H,3,7,9H2,1-2H3/b10-4+. The largest absolute Gasteiger partial charge is 0.454 e. The van der Waals surface area contributed by atoms with Gasteiger partial charge in [0.2, 0.25) is 6.79 Å². The van der Waals surface area contributed by atoms with E-state index in [0.29, 0.717) is 6.42 Å². The van der Waals surface area contributed by atoms with E-state index in [-0.39, 0.29) is 6.79 Å². The van der Waals surface area contributed by atoms with Crippen LogP contribution in [-0.4, -0.2) is 11.9 Å². The van der Waals surface area contributed by atoms with Crippen LogP contribution in [0.4, 0.5) is 0 Å². The van der Waals surface area contributed by atoms with Gasteiger partial charge in [0.05, 0.1) is 6.10 Å². The molecule has 0 saturated carbocycles. The molecule has 1 aliphatic heterocycles. The monoisotopic (exact) mass is 234 g/mol.